The number of hydrogen-bond donors (Lipinski definition) is 2. The molecule has 0 atom stereocenters. The monoisotopic (exact) mass is 372 g/mol. The number of nitrogens with one attached hydrogen (secondary N) is 1. The summed E-state index contributed by atoms with van der Waals surface area (Å²) in [6, 6.07) is 7.86. The summed E-state index contributed by atoms with van der Waals surface area (Å²) in [5.74, 6) is 0.114. The Morgan fingerprint density at radius 2 is 1.92 bits per heavy atom. The van der Waals surface area contributed by atoms with Gasteiger partial charge in [-0.05, 0) is 55.4 Å². The van der Waals surface area contributed by atoms with Crippen molar-refractivity contribution in [3.63, 3.8) is 0 Å². The Bertz CT molecular complexity index is 796. The molecule has 1 aromatic carbocycles. The number of thiophene rings is 1. The summed E-state index contributed by atoms with van der Waals surface area (Å²) in [5.41, 5.74) is 8.32. The van der Waals surface area contributed by atoms with Crippen LogP contribution in [0.25, 0.3) is 0 Å². The van der Waals surface area contributed by atoms with E-state index in [0.717, 1.165) is 43.4 Å². The van der Waals surface area contributed by atoms with Crippen molar-refractivity contribution in [2.45, 2.75) is 45.4 Å². The van der Waals surface area contributed by atoms with Crippen LogP contribution in [0.1, 0.15) is 52.5 Å². The molecule has 0 spiro atoms. The third kappa shape index (κ3) is 4.25. The number of rotatable bonds is 7. The second-order valence-electron chi connectivity index (χ2n) is 6.42. The average molecular weight is 372 g/mol. The molecule has 0 saturated carbocycles. The van der Waals surface area contributed by atoms with Crippen LogP contribution in [-0.4, -0.2) is 18.4 Å². The van der Waals surface area contributed by atoms with Crippen LogP contribution in [0.3, 0.4) is 0 Å². The number of benzene rings is 1. The number of nitrogens with two attached hydrogens (primary N) is 1. The highest BCUT2D eigenvalue weighted by Gasteiger charge is 2.24. The lowest BCUT2D eigenvalue weighted by Crippen LogP contribution is -2.19. The number of amides is 2. The van der Waals surface area contributed by atoms with Crippen LogP contribution in [0.4, 0.5) is 5.00 Å². The van der Waals surface area contributed by atoms with Gasteiger partial charge in [-0.3, -0.25) is 9.59 Å². The van der Waals surface area contributed by atoms with Crippen molar-refractivity contribution < 1.29 is 14.3 Å². The molecule has 2 aromatic rings. The van der Waals surface area contributed by atoms with Crippen molar-refractivity contribution in [3.8, 4) is 5.75 Å². The second-order valence-corrected chi connectivity index (χ2v) is 7.53. The van der Waals surface area contributed by atoms with Gasteiger partial charge in [-0.25, -0.2) is 0 Å². The Labute approximate surface area is 157 Å². The van der Waals surface area contributed by atoms with E-state index in [2.05, 4.69) is 12.2 Å². The average Bonchev–Trinajstić information content (AvgIpc) is 3.00. The quantitative estimate of drug-likeness (QED) is 0.777. The van der Waals surface area contributed by atoms with Crippen LogP contribution in [0.15, 0.2) is 24.3 Å². The number of carbonyl (C=O) groups is 2. The highest BCUT2D eigenvalue weighted by atomic mass is 32.1. The van der Waals surface area contributed by atoms with Crippen LogP contribution < -0.4 is 15.8 Å². The Morgan fingerprint density at radius 3 is 2.62 bits per heavy atom. The molecule has 1 aliphatic carbocycles. The molecular formula is C20H24N2O3S. The Morgan fingerprint density at radius 1 is 1.19 bits per heavy atom. The van der Waals surface area contributed by atoms with Crippen LogP contribution >= 0.6 is 11.3 Å². The molecular weight excluding hydrogens is 348 g/mol. The first-order valence-electron chi connectivity index (χ1n) is 9.04. The van der Waals surface area contributed by atoms with E-state index < -0.39 is 5.91 Å². The molecule has 3 rings (SSSR count). The predicted octanol–water partition coefficient (Wildman–Crippen LogP) is 3.70. The van der Waals surface area contributed by atoms with Gasteiger partial charge < -0.3 is 15.8 Å². The molecule has 5 nitrogen and oxygen atoms in total. The van der Waals surface area contributed by atoms with E-state index in [1.807, 2.05) is 24.3 Å². The fourth-order valence-electron chi connectivity index (χ4n) is 3.19. The number of hydrogen-bond acceptors (Lipinski definition) is 4. The van der Waals surface area contributed by atoms with Gasteiger partial charge in [0.1, 0.15) is 10.8 Å². The molecule has 3 N–H and O–H groups in total. The molecule has 0 fully saturated rings. The zero-order valence-electron chi connectivity index (χ0n) is 15.0. The third-order valence-electron chi connectivity index (χ3n) is 4.60. The minimum atomic E-state index is -0.466. The van der Waals surface area contributed by atoms with Gasteiger partial charge in [-0.1, -0.05) is 19.1 Å². The zero-order valence-corrected chi connectivity index (χ0v) is 15.8. The molecule has 1 heterocycles. The van der Waals surface area contributed by atoms with Crippen molar-refractivity contribution in [2.24, 2.45) is 5.73 Å². The minimum absolute atomic E-state index is 0.170. The minimum Gasteiger partial charge on any atom is -0.493 e. The van der Waals surface area contributed by atoms with Gasteiger partial charge in [-0.15, -0.1) is 11.3 Å². The summed E-state index contributed by atoms with van der Waals surface area (Å²) in [5, 5.41) is 3.44. The molecule has 0 radical (unpaired) electrons. The van der Waals surface area contributed by atoms with E-state index in [9.17, 15) is 9.59 Å². The molecule has 0 aliphatic heterocycles. The lowest BCUT2D eigenvalue weighted by atomic mass is 9.95. The Balaban J connectivity index is 1.58. The highest BCUT2D eigenvalue weighted by molar-refractivity contribution is 7.17. The van der Waals surface area contributed by atoms with Crippen molar-refractivity contribution in [2.75, 3.05) is 11.9 Å². The van der Waals surface area contributed by atoms with Crippen molar-refractivity contribution in [1.82, 2.24) is 0 Å². The van der Waals surface area contributed by atoms with E-state index >= 15 is 0 Å². The first kappa shape index (κ1) is 18.5. The van der Waals surface area contributed by atoms with E-state index in [1.165, 1.54) is 21.8 Å². The molecule has 2 amide bonds. The molecule has 0 saturated heterocycles. The standard InChI is InChI=1S/C20H24N2O3S/c1-2-13-7-9-14(10-8-13)25-12-11-17(23)22-20-18(19(21)24)15-5-3-4-6-16(15)26-20/h7-10H,2-6,11-12H2,1H3,(H2,21,24)(H,22,23). The predicted molar refractivity (Wildman–Crippen MR) is 104 cm³/mol. The van der Waals surface area contributed by atoms with E-state index in [1.54, 1.807) is 0 Å². The summed E-state index contributed by atoms with van der Waals surface area (Å²) < 4.78 is 5.62. The van der Waals surface area contributed by atoms with Crippen LogP contribution in [0, 0.1) is 0 Å². The van der Waals surface area contributed by atoms with Crippen LogP contribution in [-0.2, 0) is 24.1 Å². The fourth-order valence-corrected chi connectivity index (χ4v) is 4.50. The molecule has 6 heteroatoms. The summed E-state index contributed by atoms with van der Waals surface area (Å²) in [6.07, 6.45) is 5.18. The van der Waals surface area contributed by atoms with Gasteiger partial charge in [0.15, 0.2) is 0 Å². The summed E-state index contributed by atoms with van der Waals surface area (Å²) in [4.78, 5) is 25.3. The number of fused-ring (bicyclic) bond motifs is 1. The second kappa shape index (κ2) is 8.36. The summed E-state index contributed by atoms with van der Waals surface area (Å²) in [6.45, 7) is 2.39. The zero-order chi connectivity index (χ0) is 18.5. The van der Waals surface area contributed by atoms with E-state index in [0.29, 0.717) is 10.6 Å². The smallest absolute Gasteiger partial charge is 0.251 e. The van der Waals surface area contributed by atoms with Crippen LogP contribution in [0.2, 0.25) is 0 Å². The normalized spacial score (nSPS) is 13.1. The number of aryl methyl sites for hydroxylation is 2. The largest absolute Gasteiger partial charge is 0.493 e. The number of anilines is 1. The van der Waals surface area contributed by atoms with Gasteiger partial charge in [0, 0.05) is 4.88 Å². The van der Waals surface area contributed by atoms with Gasteiger partial charge >= 0.3 is 0 Å². The first-order valence-corrected chi connectivity index (χ1v) is 9.86. The summed E-state index contributed by atoms with van der Waals surface area (Å²) in [7, 11) is 0. The Kier molecular flexibility index (Phi) is 5.93. The number of carbonyl (C=O) groups excluding carboxylic acids is 2. The van der Waals surface area contributed by atoms with Crippen molar-refractivity contribution in [3.05, 3.63) is 45.8 Å². The molecule has 0 bridgehead atoms. The van der Waals surface area contributed by atoms with Crippen LogP contribution in [0.5, 0.6) is 5.75 Å². The van der Waals surface area contributed by atoms with Gasteiger partial charge in [-0.2, -0.15) is 0 Å². The SMILES string of the molecule is CCc1ccc(OCCC(=O)Nc2sc3c(c2C(N)=O)CCCC3)cc1. The lowest BCUT2D eigenvalue weighted by molar-refractivity contribution is -0.116. The first-order chi connectivity index (χ1) is 12.6. The fraction of sp³-hybridized carbons (Fsp3) is 0.400. The highest BCUT2D eigenvalue weighted by Crippen LogP contribution is 2.37. The molecule has 138 valence electrons. The number of primary amides is 1. The Hall–Kier alpha value is -2.34. The van der Waals surface area contributed by atoms with E-state index in [-0.39, 0.29) is 18.9 Å². The molecule has 26 heavy (non-hydrogen) atoms. The maximum absolute atomic E-state index is 12.3. The lowest BCUT2D eigenvalue weighted by Gasteiger charge is -2.11. The van der Waals surface area contributed by atoms with Gasteiger partial charge in [0.25, 0.3) is 5.91 Å². The van der Waals surface area contributed by atoms with Crippen molar-refractivity contribution in [1.29, 1.82) is 0 Å². The van der Waals surface area contributed by atoms with Crippen molar-refractivity contribution >= 4 is 28.2 Å². The number of ether oxygens (including phenoxy) is 1. The topological polar surface area (TPSA) is 81.4 Å². The third-order valence-corrected chi connectivity index (χ3v) is 5.81. The maximum Gasteiger partial charge on any atom is 0.251 e. The molecule has 1 aliphatic rings. The van der Waals surface area contributed by atoms with Gasteiger partial charge in [0.2, 0.25) is 5.91 Å². The maximum atomic E-state index is 12.3. The van der Waals surface area contributed by atoms with E-state index in [4.69, 9.17) is 10.5 Å². The van der Waals surface area contributed by atoms with Gasteiger partial charge in [0.05, 0.1) is 18.6 Å². The molecule has 1 aromatic heterocycles. The summed E-state index contributed by atoms with van der Waals surface area (Å²) >= 11 is 1.48. The molecule has 0 unspecified atom stereocenters.